The van der Waals surface area contributed by atoms with Gasteiger partial charge in [-0.05, 0) is 40.2 Å². The van der Waals surface area contributed by atoms with Crippen molar-refractivity contribution in [2.75, 3.05) is 26.6 Å². The van der Waals surface area contributed by atoms with Gasteiger partial charge in [0.2, 0.25) is 0 Å². The van der Waals surface area contributed by atoms with E-state index in [0.29, 0.717) is 23.6 Å². The fraction of sp³-hybridized carbons (Fsp3) is 0.455. The normalized spacial score (nSPS) is 14.3. The fourth-order valence-corrected chi connectivity index (χ4v) is 3.29. The number of allylic oxidation sites excluding steroid dienone is 2. The Morgan fingerprint density at radius 3 is 1.97 bits per heavy atom. The third-order valence-electron chi connectivity index (χ3n) is 4.80. The molecule has 0 N–H and O–H groups in total. The molecular weight excluding hydrogens is 436 g/mol. The molecule has 180 valence electrons. The molecule has 0 radical (unpaired) electrons. The molecule has 1 heterocycles. The molecule has 0 saturated heterocycles. The molecule has 0 unspecified atom stereocenters. The van der Waals surface area contributed by atoms with Gasteiger partial charge in [0.15, 0.2) is 0 Å². The van der Waals surface area contributed by atoms with Crippen LogP contribution < -0.4 is 0 Å². The molecule has 2 rings (SSSR count). The minimum Gasteiger partial charge on any atom is -0.434 e. The summed E-state index contributed by atoms with van der Waals surface area (Å²) >= 11 is 0. The third-order valence-corrected chi connectivity index (χ3v) is 4.80. The van der Waals surface area contributed by atoms with Crippen LogP contribution in [-0.2, 0) is 23.7 Å². The second-order valence-corrected chi connectivity index (χ2v) is 6.80. The minimum absolute atomic E-state index is 0.0797. The predicted molar refractivity (Wildman–Crippen MR) is 116 cm³/mol. The predicted octanol–water partition coefficient (Wildman–Crippen LogP) is 4.80. The standard InChI is InChI=1S/C22H28N2O9/c1-6-29-13-23-14(4)19(32-21(25)30-7-2)18(16-10-9-11-17(12-16)24(27)28)20(15(23)5)33-22(26)31-8-3/h9-12,18H,6-8,13H2,1-5H3. The van der Waals surface area contributed by atoms with E-state index in [1.54, 1.807) is 38.7 Å². The fourth-order valence-electron chi connectivity index (χ4n) is 3.29. The molecule has 11 nitrogen and oxygen atoms in total. The van der Waals surface area contributed by atoms with Gasteiger partial charge in [0.25, 0.3) is 5.69 Å². The molecule has 0 amide bonds. The Morgan fingerprint density at radius 2 is 1.52 bits per heavy atom. The lowest BCUT2D eigenvalue weighted by Gasteiger charge is -2.36. The summed E-state index contributed by atoms with van der Waals surface area (Å²) in [5.41, 5.74) is 1.17. The summed E-state index contributed by atoms with van der Waals surface area (Å²) < 4.78 is 26.5. The van der Waals surface area contributed by atoms with E-state index in [1.807, 2.05) is 6.92 Å². The van der Waals surface area contributed by atoms with Gasteiger partial charge in [-0.1, -0.05) is 12.1 Å². The number of carbonyl (C=O) groups is 2. The molecule has 0 aliphatic carbocycles. The van der Waals surface area contributed by atoms with E-state index < -0.39 is 23.2 Å². The van der Waals surface area contributed by atoms with Gasteiger partial charge in [-0.25, -0.2) is 9.59 Å². The quantitative estimate of drug-likeness (QED) is 0.286. The van der Waals surface area contributed by atoms with Gasteiger partial charge >= 0.3 is 12.3 Å². The lowest BCUT2D eigenvalue weighted by molar-refractivity contribution is -0.384. The van der Waals surface area contributed by atoms with E-state index in [2.05, 4.69) is 0 Å². The SMILES string of the molecule is CCOCN1C(C)=C(OC(=O)OCC)C(c2cccc([N+](=O)[O-])c2)C(OC(=O)OCC)=C1C. The molecule has 1 aromatic rings. The summed E-state index contributed by atoms with van der Waals surface area (Å²) in [5, 5.41) is 11.4. The molecule has 0 aromatic heterocycles. The second-order valence-electron chi connectivity index (χ2n) is 6.80. The molecule has 0 bridgehead atoms. The van der Waals surface area contributed by atoms with E-state index in [1.165, 1.54) is 18.2 Å². The Labute approximate surface area is 191 Å². The van der Waals surface area contributed by atoms with Crippen molar-refractivity contribution in [2.45, 2.75) is 40.5 Å². The van der Waals surface area contributed by atoms with Crippen molar-refractivity contribution in [2.24, 2.45) is 0 Å². The molecule has 33 heavy (non-hydrogen) atoms. The molecule has 1 aliphatic heterocycles. The second kappa shape index (κ2) is 11.9. The van der Waals surface area contributed by atoms with Crippen LogP contribution in [0.3, 0.4) is 0 Å². The summed E-state index contributed by atoms with van der Waals surface area (Å²) in [6.07, 6.45) is -1.93. The van der Waals surface area contributed by atoms with Crippen molar-refractivity contribution in [1.29, 1.82) is 0 Å². The van der Waals surface area contributed by atoms with Crippen LogP contribution in [0, 0.1) is 10.1 Å². The summed E-state index contributed by atoms with van der Waals surface area (Å²) in [6, 6.07) is 5.76. The molecule has 0 fully saturated rings. The number of ether oxygens (including phenoxy) is 5. The Bertz CT molecular complexity index is 911. The Balaban J connectivity index is 2.69. The number of carbonyl (C=O) groups excluding carboxylic acids is 2. The zero-order chi connectivity index (χ0) is 24.5. The molecule has 0 spiro atoms. The van der Waals surface area contributed by atoms with Crippen LogP contribution in [-0.4, -0.2) is 48.7 Å². The summed E-state index contributed by atoms with van der Waals surface area (Å²) in [7, 11) is 0. The van der Waals surface area contributed by atoms with Gasteiger partial charge in [0.05, 0.1) is 29.5 Å². The number of hydrogen-bond acceptors (Lipinski definition) is 10. The minimum atomic E-state index is -0.964. The van der Waals surface area contributed by atoms with Crippen molar-refractivity contribution in [3.63, 3.8) is 0 Å². The number of hydrogen-bond donors (Lipinski definition) is 0. The molecule has 1 aliphatic rings. The van der Waals surface area contributed by atoms with Crippen molar-refractivity contribution >= 4 is 18.0 Å². The Kier molecular flexibility index (Phi) is 9.22. The van der Waals surface area contributed by atoms with Crippen molar-refractivity contribution < 1.29 is 38.2 Å². The number of nitro benzene ring substituents is 1. The molecule has 11 heteroatoms. The van der Waals surface area contributed by atoms with Gasteiger partial charge in [0, 0.05) is 18.7 Å². The number of nitro groups is 1. The number of rotatable bonds is 9. The molecule has 0 saturated carbocycles. The van der Waals surface area contributed by atoms with Crippen LogP contribution in [0.5, 0.6) is 0 Å². The maximum Gasteiger partial charge on any atom is 0.513 e. The van der Waals surface area contributed by atoms with Gasteiger partial charge in [-0.2, -0.15) is 0 Å². The number of nitrogens with zero attached hydrogens (tertiary/aromatic N) is 2. The average Bonchev–Trinajstić information content (AvgIpc) is 2.77. The Hall–Kier alpha value is -3.60. The van der Waals surface area contributed by atoms with E-state index >= 15 is 0 Å². The van der Waals surface area contributed by atoms with Crippen LogP contribution in [0.1, 0.15) is 46.1 Å². The highest BCUT2D eigenvalue weighted by molar-refractivity contribution is 5.65. The highest BCUT2D eigenvalue weighted by atomic mass is 16.7. The zero-order valence-electron chi connectivity index (χ0n) is 19.3. The maximum atomic E-state index is 12.3. The average molecular weight is 464 g/mol. The monoisotopic (exact) mass is 464 g/mol. The highest BCUT2D eigenvalue weighted by Gasteiger charge is 2.39. The maximum absolute atomic E-state index is 12.3. The third kappa shape index (κ3) is 6.22. The molecular formula is C22H28N2O9. The van der Waals surface area contributed by atoms with Gasteiger partial charge in [-0.3, -0.25) is 10.1 Å². The topological polar surface area (TPSA) is 127 Å². The first-order valence-electron chi connectivity index (χ1n) is 10.4. The van der Waals surface area contributed by atoms with Crippen LogP contribution in [0.4, 0.5) is 15.3 Å². The first kappa shape index (κ1) is 25.7. The number of non-ortho nitro benzene ring substituents is 1. The summed E-state index contributed by atoms with van der Waals surface area (Å²) in [6.45, 7) is 9.12. The van der Waals surface area contributed by atoms with Crippen LogP contribution in [0.25, 0.3) is 0 Å². The summed E-state index contributed by atoms with van der Waals surface area (Å²) in [4.78, 5) is 37.0. The van der Waals surface area contributed by atoms with Crippen molar-refractivity contribution in [3.8, 4) is 0 Å². The van der Waals surface area contributed by atoms with Crippen molar-refractivity contribution in [1.82, 2.24) is 4.90 Å². The lowest BCUT2D eigenvalue weighted by Crippen LogP contribution is -2.34. The van der Waals surface area contributed by atoms with Crippen molar-refractivity contribution in [3.05, 3.63) is 62.9 Å². The first-order valence-corrected chi connectivity index (χ1v) is 10.4. The van der Waals surface area contributed by atoms with Gasteiger partial charge < -0.3 is 28.6 Å². The van der Waals surface area contributed by atoms with Crippen LogP contribution >= 0.6 is 0 Å². The zero-order valence-corrected chi connectivity index (χ0v) is 19.3. The van der Waals surface area contributed by atoms with Gasteiger partial charge in [0.1, 0.15) is 24.2 Å². The highest BCUT2D eigenvalue weighted by Crippen LogP contribution is 2.43. The van der Waals surface area contributed by atoms with Crippen LogP contribution in [0.2, 0.25) is 0 Å². The largest absolute Gasteiger partial charge is 0.513 e. The van der Waals surface area contributed by atoms with E-state index in [4.69, 9.17) is 23.7 Å². The van der Waals surface area contributed by atoms with E-state index in [-0.39, 0.29) is 37.2 Å². The van der Waals surface area contributed by atoms with E-state index in [9.17, 15) is 19.7 Å². The Morgan fingerprint density at radius 1 is 0.970 bits per heavy atom. The van der Waals surface area contributed by atoms with Crippen LogP contribution in [0.15, 0.2) is 47.2 Å². The van der Waals surface area contributed by atoms with Gasteiger partial charge in [-0.15, -0.1) is 0 Å². The summed E-state index contributed by atoms with van der Waals surface area (Å²) in [5.74, 6) is -0.798. The smallest absolute Gasteiger partial charge is 0.434 e. The molecule has 1 aromatic carbocycles. The molecule has 0 atom stereocenters. The van der Waals surface area contributed by atoms with E-state index in [0.717, 1.165) is 0 Å². The first-order chi connectivity index (χ1) is 15.7. The lowest BCUT2D eigenvalue weighted by atomic mass is 9.89. The number of benzene rings is 1.